The SMILES string of the molecule is NC(=O)C(CC1=CC=CCC1)(C1=COC(C(=O)O)=CO1)N(CC1CC1)C(=O)c1ccccc1-c1ccc(F)cc1. The molecule has 3 aliphatic rings. The topological polar surface area (TPSA) is 119 Å². The average Bonchev–Trinajstić information content (AvgIpc) is 3.80. The second-order valence-electron chi connectivity index (χ2n) is 10.1. The first-order valence-corrected chi connectivity index (χ1v) is 13.1. The lowest BCUT2D eigenvalue weighted by Crippen LogP contribution is -2.62. The van der Waals surface area contributed by atoms with E-state index in [-0.39, 0.29) is 24.6 Å². The molecule has 3 N–H and O–H groups in total. The van der Waals surface area contributed by atoms with E-state index in [0.29, 0.717) is 23.1 Å². The number of carbonyl (C=O) groups excluding carboxylic acids is 2. The molecule has 206 valence electrons. The zero-order valence-corrected chi connectivity index (χ0v) is 21.7. The number of allylic oxidation sites excluding steroid dienone is 3. The van der Waals surface area contributed by atoms with Crippen LogP contribution in [0.1, 0.15) is 42.5 Å². The summed E-state index contributed by atoms with van der Waals surface area (Å²) in [6.07, 6.45) is 10.9. The van der Waals surface area contributed by atoms with Crippen molar-refractivity contribution in [1.82, 2.24) is 4.90 Å². The van der Waals surface area contributed by atoms with Gasteiger partial charge in [-0.1, -0.05) is 54.1 Å². The van der Waals surface area contributed by atoms with E-state index < -0.39 is 34.9 Å². The van der Waals surface area contributed by atoms with Gasteiger partial charge in [-0.15, -0.1) is 0 Å². The maximum Gasteiger partial charge on any atom is 0.375 e. The highest BCUT2D eigenvalue weighted by Crippen LogP contribution is 2.42. The van der Waals surface area contributed by atoms with Gasteiger partial charge in [0.05, 0.1) is 0 Å². The third-order valence-corrected chi connectivity index (χ3v) is 7.35. The molecule has 1 fully saturated rings. The van der Waals surface area contributed by atoms with Gasteiger partial charge in [0.1, 0.15) is 18.3 Å². The third kappa shape index (κ3) is 5.40. The number of carboxylic acid groups (broad SMARTS) is 1. The summed E-state index contributed by atoms with van der Waals surface area (Å²) in [7, 11) is 0. The molecular formula is C31H29FN2O6. The molecule has 0 aromatic heterocycles. The molecule has 2 aromatic carbocycles. The molecule has 0 spiro atoms. The highest BCUT2D eigenvalue weighted by molar-refractivity contribution is 6.04. The molecule has 9 heteroatoms. The molecular weight excluding hydrogens is 515 g/mol. The average molecular weight is 545 g/mol. The maximum absolute atomic E-state index is 14.6. The molecule has 8 nitrogen and oxygen atoms in total. The Morgan fingerprint density at radius 1 is 1.05 bits per heavy atom. The van der Waals surface area contributed by atoms with Gasteiger partial charge in [0.2, 0.25) is 5.76 Å². The van der Waals surface area contributed by atoms with Gasteiger partial charge < -0.3 is 25.2 Å². The predicted octanol–water partition coefficient (Wildman–Crippen LogP) is 5.05. The Labute approximate surface area is 230 Å². The monoisotopic (exact) mass is 544 g/mol. The van der Waals surface area contributed by atoms with Crippen molar-refractivity contribution in [3.8, 4) is 11.1 Å². The molecule has 1 heterocycles. The number of carboxylic acids is 1. The highest BCUT2D eigenvalue weighted by Gasteiger charge is 2.53. The molecule has 40 heavy (non-hydrogen) atoms. The fourth-order valence-corrected chi connectivity index (χ4v) is 5.04. The number of hydrogen-bond donors (Lipinski definition) is 2. The van der Waals surface area contributed by atoms with E-state index in [9.17, 15) is 23.9 Å². The van der Waals surface area contributed by atoms with Crippen molar-refractivity contribution in [1.29, 1.82) is 0 Å². The Bertz CT molecular complexity index is 1450. The standard InChI is InChI=1S/C31H29FN2O6/c32-23-14-12-22(13-15-23)24-8-4-5-9-25(24)28(35)34(17-21-10-11-21)31(30(33)38,16-20-6-2-1-3-7-20)27-19-39-26(18-40-27)29(36)37/h1-2,4-6,8-9,12-15,18-19,21H,3,7,10-11,16-17H2,(H2,33,38)(H,36,37). The highest BCUT2D eigenvalue weighted by atomic mass is 19.1. The Balaban J connectivity index is 1.65. The molecule has 2 amide bonds. The van der Waals surface area contributed by atoms with E-state index in [4.69, 9.17) is 15.2 Å². The molecule has 0 saturated heterocycles. The number of primary amides is 1. The van der Waals surface area contributed by atoms with Crippen LogP contribution in [0.3, 0.4) is 0 Å². The van der Waals surface area contributed by atoms with Crippen LogP contribution < -0.4 is 5.73 Å². The van der Waals surface area contributed by atoms with Crippen LogP contribution in [0.5, 0.6) is 0 Å². The van der Waals surface area contributed by atoms with E-state index in [0.717, 1.165) is 37.4 Å². The van der Waals surface area contributed by atoms with E-state index in [1.807, 2.05) is 18.2 Å². The zero-order valence-electron chi connectivity index (χ0n) is 21.7. The summed E-state index contributed by atoms with van der Waals surface area (Å²) in [5.74, 6) is -3.44. The van der Waals surface area contributed by atoms with Crippen molar-refractivity contribution in [3.05, 3.63) is 108 Å². The van der Waals surface area contributed by atoms with Gasteiger partial charge in [-0.25, -0.2) is 9.18 Å². The second-order valence-corrected chi connectivity index (χ2v) is 10.1. The van der Waals surface area contributed by atoms with Gasteiger partial charge in [-0.3, -0.25) is 9.59 Å². The number of aliphatic carboxylic acids is 1. The predicted molar refractivity (Wildman–Crippen MR) is 145 cm³/mol. The lowest BCUT2D eigenvalue weighted by molar-refractivity contribution is -0.136. The summed E-state index contributed by atoms with van der Waals surface area (Å²) >= 11 is 0. The van der Waals surface area contributed by atoms with Crippen LogP contribution in [0.15, 0.2) is 96.4 Å². The van der Waals surface area contributed by atoms with Gasteiger partial charge >= 0.3 is 5.97 Å². The van der Waals surface area contributed by atoms with Crippen LogP contribution >= 0.6 is 0 Å². The second kappa shape index (κ2) is 11.2. The Kier molecular flexibility index (Phi) is 7.55. The number of ether oxygens (including phenoxy) is 2. The van der Waals surface area contributed by atoms with Crippen LogP contribution in [0.4, 0.5) is 4.39 Å². The first-order chi connectivity index (χ1) is 19.3. The van der Waals surface area contributed by atoms with E-state index in [2.05, 4.69) is 0 Å². The largest absolute Gasteiger partial charge is 0.475 e. The fraction of sp³-hybridized carbons (Fsp3) is 0.258. The number of benzene rings is 2. The zero-order chi connectivity index (χ0) is 28.3. The van der Waals surface area contributed by atoms with Crippen molar-refractivity contribution in [2.24, 2.45) is 11.7 Å². The van der Waals surface area contributed by atoms with E-state index >= 15 is 0 Å². The summed E-state index contributed by atoms with van der Waals surface area (Å²) < 4.78 is 24.7. The van der Waals surface area contributed by atoms with Crippen molar-refractivity contribution in [3.63, 3.8) is 0 Å². The molecule has 1 unspecified atom stereocenters. The molecule has 1 atom stereocenters. The number of nitrogens with zero attached hydrogens (tertiary/aromatic N) is 1. The molecule has 5 rings (SSSR count). The molecule has 2 aliphatic carbocycles. The van der Waals surface area contributed by atoms with Crippen molar-refractivity contribution < 1.29 is 33.4 Å². The van der Waals surface area contributed by atoms with Gasteiger partial charge in [-0.05, 0) is 60.9 Å². The minimum absolute atomic E-state index is 0.0370. The van der Waals surface area contributed by atoms with Gasteiger partial charge in [0.15, 0.2) is 11.3 Å². The molecule has 1 aliphatic heterocycles. The van der Waals surface area contributed by atoms with Gasteiger partial charge in [-0.2, -0.15) is 0 Å². The van der Waals surface area contributed by atoms with Crippen molar-refractivity contribution >= 4 is 17.8 Å². The number of rotatable bonds is 10. The maximum atomic E-state index is 14.6. The van der Waals surface area contributed by atoms with Gasteiger partial charge in [0, 0.05) is 18.5 Å². The van der Waals surface area contributed by atoms with Crippen molar-refractivity contribution in [2.75, 3.05) is 6.54 Å². The first kappa shape index (κ1) is 26.9. The summed E-state index contributed by atoms with van der Waals surface area (Å²) in [4.78, 5) is 41.0. The number of halogens is 1. The number of carbonyl (C=O) groups is 3. The molecule has 0 bridgehead atoms. The Hall–Kier alpha value is -4.66. The fourth-order valence-electron chi connectivity index (χ4n) is 5.04. The number of hydrogen-bond acceptors (Lipinski definition) is 5. The third-order valence-electron chi connectivity index (χ3n) is 7.35. The summed E-state index contributed by atoms with van der Waals surface area (Å²) in [6, 6.07) is 12.7. The normalized spacial score (nSPS) is 17.8. The summed E-state index contributed by atoms with van der Waals surface area (Å²) in [5.41, 5.74) is 6.72. The first-order valence-electron chi connectivity index (χ1n) is 13.1. The van der Waals surface area contributed by atoms with Crippen LogP contribution in [-0.2, 0) is 19.1 Å². The molecule has 2 aromatic rings. The van der Waals surface area contributed by atoms with Crippen LogP contribution in [-0.4, -0.2) is 39.9 Å². The van der Waals surface area contributed by atoms with E-state index in [1.54, 1.807) is 36.4 Å². The quantitative estimate of drug-likeness (QED) is 0.432. The lowest BCUT2D eigenvalue weighted by atomic mass is 9.82. The number of amides is 2. The molecule has 1 saturated carbocycles. The summed E-state index contributed by atoms with van der Waals surface area (Å²) in [6.45, 7) is 0.221. The van der Waals surface area contributed by atoms with Crippen LogP contribution in [0.2, 0.25) is 0 Å². The van der Waals surface area contributed by atoms with Crippen LogP contribution in [0, 0.1) is 11.7 Å². The van der Waals surface area contributed by atoms with Crippen molar-refractivity contribution in [2.45, 2.75) is 37.6 Å². The number of nitrogens with two attached hydrogens (primary N) is 1. The Morgan fingerprint density at radius 2 is 1.80 bits per heavy atom. The van der Waals surface area contributed by atoms with E-state index in [1.165, 1.54) is 17.0 Å². The minimum atomic E-state index is -1.81. The van der Waals surface area contributed by atoms with Crippen LogP contribution in [0.25, 0.3) is 11.1 Å². The van der Waals surface area contributed by atoms with Gasteiger partial charge in [0.25, 0.3) is 11.8 Å². The minimum Gasteiger partial charge on any atom is -0.475 e. The smallest absolute Gasteiger partial charge is 0.375 e. The molecule has 0 radical (unpaired) electrons. The lowest BCUT2D eigenvalue weighted by Gasteiger charge is -2.43. The summed E-state index contributed by atoms with van der Waals surface area (Å²) in [5, 5.41) is 9.33. The Morgan fingerprint density at radius 3 is 2.40 bits per heavy atom.